The van der Waals surface area contributed by atoms with Crippen molar-refractivity contribution in [3.05, 3.63) is 34.5 Å². The number of carbonyl (C=O) groups excluding carboxylic acids is 2. The van der Waals surface area contributed by atoms with Gasteiger partial charge in [0.2, 0.25) is 0 Å². The van der Waals surface area contributed by atoms with Gasteiger partial charge in [-0.1, -0.05) is 40.9 Å². The number of aromatic nitrogens is 5. The van der Waals surface area contributed by atoms with Crippen LogP contribution in [0.15, 0.2) is 27.6 Å². The molecule has 2 aromatic heterocycles. The number of carboxylic acid groups (broad SMARTS) is 1. The monoisotopic (exact) mass is 525 g/mol. The second kappa shape index (κ2) is 9.44. The Bertz CT molecular complexity index is 1370. The molecule has 0 bridgehead atoms. The third-order valence-corrected chi connectivity index (χ3v) is 8.29. The molecule has 1 aromatic carbocycles. The summed E-state index contributed by atoms with van der Waals surface area (Å²) in [4.78, 5) is 40.7. The Morgan fingerprint density at radius 2 is 1.91 bits per heavy atom. The Morgan fingerprint density at radius 3 is 2.56 bits per heavy atom. The molecular weight excluding hydrogens is 510 g/mol. The van der Waals surface area contributed by atoms with E-state index in [4.69, 9.17) is 11.6 Å². The highest BCUT2D eigenvalue weighted by Crippen LogP contribution is 2.33. The summed E-state index contributed by atoms with van der Waals surface area (Å²) in [6.07, 6.45) is 3.41. The van der Waals surface area contributed by atoms with Crippen LogP contribution in [0.1, 0.15) is 46.5 Å². The number of ketones is 1. The summed E-state index contributed by atoms with van der Waals surface area (Å²) < 4.78 is 24.6. The highest BCUT2D eigenvalue weighted by atomic mass is 35.5. The van der Waals surface area contributed by atoms with Crippen LogP contribution in [0.25, 0.3) is 0 Å². The molecule has 0 radical (unpaired) electrons. The van der Waals surface area contributed by atoms with Crippen LogP contribution in [0.4, 0.5) is 15.6 Å². The largest absolute Gasteiger partial charge is 0.476 e. The minimum atomic E-state index is -4.45. The molecule has 0 atom stereocenters. The quantitative estimate of drug-likeness (QED) is 0.332. The average molecular weight is 526 g/mol. The van der Waals surface area contributed by atoms with Gasteiger partial charge in [-0.05, 0) is 36.3 Å². The minimum Gasteiger partial charge on any atom is -0.476 e. The van der Waals surface area contributed by atoms with E-state index in [1.165, 1.54) is 18.2 Å². The highest BCUT2D eigenvalue weighted by Gasteiger charge is 2.33. The van der Waals surface area contributed by atoms with Crippen LogP contribution >= 0.6 is 22.9 Å². The molecule has 4 N–H and O–H groups in total. The molecule has 178 valence electrons. The Kier molecular flexibility index (Phi) is 6.58. The van der Waals surface area contributed by atoms with E-state index < -0.39 is 36.9 Å². The molecule has 4 rings (SSSR count). The number of urea groups is 1. The predicted molar refractivity (Wildman–Crippen MR) is 119 cm³/mol. The number of thiazole rings is 1. The standard InChI is InChI=1S/C18H16ClN7O6S2/c19-9-5-6-11(10(7-9)13(27)8-3-1-2-4-8)20-16(30)22-17-21-12(14(28)29)15(33-17)34(31,32)18-23-25-26-24-18/h5-8H,1-4H2,(H,28,29)(H2,20,21,22,30)(H,23,24,25,26). The molecule has 0 spiro atoms. The number of hydrogen-bond acceptors (Lipinski definition) is 10. The first kappa shape index (κ1) is 23.7. The lowest BCUT2D eigenvalue weighted by molar-refractivity contribution is 0.0687. The summed E-state index contributed by atoms with van der Waals surface area (Å²) >= 11 is 6.45. The Labute approximate surface area is 200 Å². The number of carbonyl (C=O) groups is 3. The smallest absolute Gasteiger partial charge is 0.356 e. The lowest BCUT2D eigenvalue weighted by Gasteiger charge is -2.14. The molecule has 1 aliphatic rings. The van der Waals surface area contributed by atoms with Gasteiger partial charge in [0.15, 0.2) is 20.8 Å². The van der Waals surface area contributed by atoms with Crippen LogP contribution in [0.2, 0.25) is 5.02 Å². The van der Waals surface area contributed by atoms with Crippen molar-refractivity contribution in [1.82, 2.24) is 25.6 Å². The number of sulfone groups is 1. The second-order valence-electron chi connectivity index (χ2n) is 7.27. The van der Waals surface area contributed by atoms with E-state index >= 15 is 0 Å². The summed E-state index contributed by atoms with van der Waals surface area (Å²) in [6.45, 7) is 0. The SMILES string of the molecule is O=C(Nc1nc(C(=O)O)c(S(=O)(=O)c2nn[nH]n2)s1)Nc1ccc(Cl)cc1C(=O)C1CCCC1. The molecule has 1 aliphatic carbocycles. The number of anilines is 2. The molecule has 0 saturated heterocycles. The number of benzene rings is 1. The maximum absolute atomic E-state index is 12.9. The van der Waals surface area contributed by atoms with Crippen LogP contribution in [-0.2, 0) is 9.84 Å². The van der Waals surface area contributed by atoms with E-state index in [-0.39, 0.29) is 28.1 Å². The summed E-state index contributed by atoms with van der Waals surface area (Å²) in [6, 6.07) is 3.58. The Morgan fingerprint density at radius 1 is 1.18 bits per heavy atom. The van der Waals surface area contributed by atoms with Gasteiger partial charge in [0, 0.05) is 16.5 Å². The van der Waals surface area contributed by atoms with Gasteiger partial charge in [0.05, 0.1) is 5.69 Å². The first-order valence-corrected chi connectivity index (χ1v) is 12.5. The molecule has 3 aromatic rings. The molecule has 13 nitrogen and oxygen atoms in total. The fourth-order valence-corrected chi connectivity index (χ4v) is 6.13. The lowest BCUT2D eigenvalue weighted by Crippen LogP contribution is -2.22. The third kappa shape index (κ3) is 4.76. The predicted octanol–water partition coefficient (Wildman–Crippen LogP) is 2.86. The fourth-order valence-electron chi connectivity index (χ4n) is 3.51. The van der Waals surface area contributed by atoms with Gasteiger partial charge in [0.1, 0.15) is 0 Å². The molecular formula is C18H16ClN7O6S2. The molecule has 16 heteroatoms. The van der Waals surface area contributed by atoms with Gasteiger partial charge in [-0.2, -0.15) is 5.21 Å². The van der Waals surface area contributed by atoms with Crippen LogP contribution in [0.3, 0.4) is 0 Å². The summed E-state index contributed by atoms with van der Waals surface area (Å²) in [5.74, 6) is -1.92. The molecule has 34 heavy (non-hydrogen) atoms. The van der Waals surface area contributed by atoms with Crippen LogP contribution < -0.4 is 10.6 Å². The highest BCUT2D eigenvalue weighted by molar-refractivity contribution is 7.93. The van der Waals surface area contributed by atoms with Crippen molar-refractivity contribution in [1.29, 1.82) is 0 Å². The summed E-state index contributed by atoms with van der Waals surface area (Å²) in [5, 5.41) is 25.3. The number of amides is 2. The van der Waals surface area contributed by atoms with Crippen molar-refractivity contribution in [2.45, 2.75) is 35.0 Å². The molecule has 0 aliphatic heterocycles. The maximum Gasteiger partial charge on any atom is 0.356 e. The van der Waals surface area contributed by atoms with Crippen molar-refractivity contribution < 1.29 is 27.9 Å². The number of tetrazole rings is 1. The van der Waals surface area contributed by atoms with E-state index in [9.17, 15) is 27.9 Å². The average Bonchev–Trinajstić information content (AvgIpc) is 3.55. The Hall–Kier alpha value is -3.43. The van der Waals surface area contributed by atoms with Crippen molar-refractivity contribution in [3.8, 4) is 0 Å². The third-order valence-electron chi connectivity index (χ3n) is 5.05. The normalized spacial score (nSPS) is 14.1. The number of aromatic carboxylic acids is 1. The van der Waals surface area contributed by atoms with Crippen molar-refractivity contribution >= 4 is 61.4 Å². The van der Waals surface area contributed by atoms with Gasteiger partial charge >= 0.3 is 12.0 Å². The molecule has 2 heterocycles. The molecule has 0 unspecified atom stereocenters. The Balaban J connectivity index is 1.58. The zero-order valence-corrected chi connectivity index (χ0v) is 19.5. The number of Topliss-reactive ketones (excluding diaryl/α,β-unsaturated/α-hetero) is 1. The van der Waals surface area contributed by atoms with Gasteiger partial charge < -0.3 is 10.4 Å². The van der Waals surface area contributed by atoms with Gasteiger partial charge in [-0.3, -0.25) is 10.1 Å². The zero-order valence-electron chi connectivity index (χ0n) is 17.1. The van der Waals surface area contributed by atoms with Crippen molar-refractivity contribution in [2.24, 2.45) is 5.92 Å². The number of nitrogens with zero attached hydrogens (tertiary/aromatic N) is 4. The van der Waals surface area contributed by atoms with Crippen LogP contribution in [-0.4, -0.2) is 56.9 Å². The molecule has 2 amide bonds. The van der Waals surface area contributed by atoms with Gasteiger partial charge in [0.25, 0.3) is 15.0 Å². The zero-order chi connectivity index (χ0) is 24.5. The fraction of sp³-hybridized carbons (Fsp3) is 0.278. The number of aromatic amines is 1. The molecule has 1 saturated carbocycles. The van der Waals surface area contributed by atoms with E-state index in [2.05, 4.69) is 31.0 Å². The second-order valence-corrected chi connectivity index (χ2v) is 10.7. The maximum atomic E-state index is 12.9. The minimum absolute atomic E-state index is 0.133. The number of halogens is 1. The summed E-state index contributed by atoms with van der Waals surface area (Å²) in [5.41, 5.74) is -0.359. The van der Waals surface area contributed by atoms with E-state index in [1.807, 2.05) is 5.21 Å². The van der Waals surface area contributed by atoms with Gasteiger partial charge in [-0.15, -0.1) is 5.10 Å². The van der Waals surface area contributed by atoms with Crippen molar-refractivity contribution in [2.75, 3.05) is 10.6 Å². The van der Waals surface area contributed by atoms with Crippen LogP contribution in [0, 0.1) is 5.92 Å². The van der Waals surface area contributed by atoms with E-state index in [1.54, 1.807) is 0 Å². The number of rotatable bonds is 7. The number of H-pyrrole nitrogens is 1. The van der Waals surface area contributed by atoms with E-state index in [0.29, 0.717) is 16.4 Å². The topological polar surface area (TPSA) is 197 Å². The van der Waals surface area contributed by atoms with E-state index in [0.717, 1.165) is 25.7 Å². The number of hydrogen-bond donors (Lipinski definition) is 4. The first-order chi connectivity index (χ1) is 16.2. The number of nitrogens with one attached hydrogen (secondary N) is 3. The van der Waals surface area contributed by atoms with Gasteiger partial charge in [-0.25, -0.2) is 23.0 Å². The lowest BCUT2D eigenvalue weighted by atomic mass is 9.95. The number of carboxylic acids is 1. The molecule has 1 fully saturated rings. The van der Waals surface area contributed by atoms with Crippen molar-refractivity contribution in [3.63, 3.8) is 0 Å². The first-order valence-electron chi connectivity index (χ1n) is 9.81. The van der Waals surface area contributed by atoms with Crippen LogP contribution in [0.5, 0.6) is 0 Å². The summed E-state index contributed by atoms with van der Waals surface area (Å²) in [7, 11) is -4.45.